The maximum Gasteiger partial charge on any atom is 0.339 e. The second-order valence-electron chi connectivity index (χ2n) is 5.21. The Labute approximate surface area is 138 Å². The zero-order chi connectivity index (χ0) is 16.9. The van der Waals surface area contributed by atoms with E-state index in [1.165, 1.54) is 18.2 Å². The molecule has 0 fully saturated rings. The van der Waals surface area contributed by atoms with Crippen molar-refractivity contribution >= 4 is 5.97 Å². The standard InChI is InChI=1S/C19H15NO4/c21-18-11-16(5-6-17(18)19(22)23)24-12-13-1-3-14(4-2-13)15-7-9-20-10-8-15/h1-11,21H,12H2,(H,22,23). The Morgan fingerprint density at radius 2 is 1.62 bits per heavy atom. The van der Waals surface area contributed by atoms with Crippen LogP contribution >= 0.6 is 0 Å². The second-order valence-corrected chi connectivity index (χ2v) is 5.21. The molecule has 120 valence electrons. The lowest BCUT2D eigenvalue weighted by Crippen LogP contribution is -1.99. The summed E-state index contributed by atoms with van der Waals surface area (Å²) in [6, 6.07) is 15.9. The summed E-state index contributed by atoms with van der Waals surface area (Å²) in [6.07, 6.45) is 3.50. The molecular weight excluding hydrogens is 306 g/mol. The van der Waals surface area contributed by atoms with Gasteiger partial charge < -0.3 is 14.9 Å². The van der Waals surface area contributed by atoms with Gasteiger partial charge in [0, 0.05) is 18.5 Å². The highest BCUT2D eigenvalue weighted by molar-refractivity contribution is 5.90. The number of aromatic nitrogens is 1. The van der Waals surface area contributed by atoms with Crippen LogP contribution in [0.25, 0.3) is 11.1 Å². The van der Waals surface area contributed by atoms with Gasteiger partial charge in [-0.25, -0.2) is 4.79 Å². The molecule has 2 N–H and O–H groups in total. The molecule has 0 atom stereocenters. The molecule has 2 aromatic carbocycles. The first kappa shape index (κ1) is 15.6. The number of hydrogen-bond donors (Lipinski definition) is 2. The summed E-state index contributed by atoms with van der Waals surface area (Å²) in [5.74, 6) is -1.07. The highest BCUT2D eigenvalue weighted by Gasteiger charge is 2.10. The number of pyridine rings is 1. The van der Waals surface area contributed by atoms with Crippen LogP contribution in [-0.2, 0) is 6.61 Å². The van der Waals surface area contributed by atoms with Crippen LogP contribution in [0.2, 0.25) is 0 Å². The van der Waals surface area contributed by atoms with Crippen LogP contribution in [0.1, 0.15) is 15.9 Å². The van der Waals surface area contributed by atoms with Crippen molar-refractivity contribution in [1.82, 2.24) is 4.98 Å². The third kappa shape index (κ3) is 3.52. The van der Waals surface area contributed by atoms with E-state index in [4.69, 9.17) is 9.84 Å². The van der Waals surface area contributed by atoms with E-state index >= 15 is 0 Å². The summed E-state index contributed by atoms with van der Waals surface area (Å²) >= 11 is 0. The summed E-state index contributed by atoms with van der Waals surface area (Å²) < 4.78 is 5.59. The minimum atomic E-state index is -1.18. The van der Waals surface area contributed by atoms with Crippen molar-refractivity contribution in [3.8, 4) is 22.6 Å². The molecule has 0 saturated heterocycles. The van der Waals surface area contributed by atoms with E-state index in [1.807, 2.05) is 36.4 Å². The zero-order valence-corrected chi connectivity index (χ0v) is 12.7. The molecule has 0 saturated carbocycles. The second kappa shape index (κ2) is 6.83. The Hall–Kier alpha value is -3.34. The molecule has 3 aromatic rings. The number of nitrogens with zero attached hydrogens (tertiary/aromatic N) is 1. The molecular formula is C19H15NO4. The van der Waals surface area contributed by atoms with E-state index in [0.717, 1.165) is 16.7 Å². The van der Waals surface area contributed by atoms with Crippen molar-refractivity contribution in [3.63, 3.8) is 0 Å². The number of rotatable bonds is 5. The van der Waals surface area contributed by atoms with Crippen LogP contribution in [0.5, 0.6) is 11.5 Å². The lowest BCUT2D eigenvalue weighted by molar-refractivity contribution is 0.0693. The average Bonchev–Trinajstić information content (AvgIpc) is 2.61. The summed E-state index contributed by atoms with van der Waals surface area (Å²) in [4.78, 5) is 14.9. The number of hydrogen-bond acceptors (Lipinski definition) is 4. The van der Waals surface area contributed by atoms with E-state index in [2.05, 4.69) is 4.98 Å². The first-order valence-electron chi connectivity index (χ1n) is 7.32. The van der Waals surface area contributed by atoms with Crippen molar-refractivity contribution in [3.05, 3.63) is 78.1 Å². The van der Waals surface area contributed by atoms with Crippen LogP contribution in [0, 0.1) is 0 Å². The first-order valence-corrected chi connectivity index (χ1v) is 7.32. The van der Waals surface area contributed by atoms with Gasteiger partial charge in [0.1, 0.15) is 23.7 Å². The van der Waals surface area contributed by atoms with Gasteiger partial charge in [0.05, 0.1) is 0 Å². The smallest absolute Gasteiger partial charge is 0.339 e. The monoisotopic (exact) mass is 321 g/mol. The van der Waals surface area contributed by atoms with E-state index in [0.29, 0.717) is 12.4 Å². The van der Waals surface area contributed by atoms with E-state index in [1.54, 1.807) is 12.4 Å². The van der Waals surface area contributed by atoms with Crippen LogP contribution in [0.3, 0.4) is 0 Å². The highest BCUT2D eigenvalue weighted by Crippen LogP contribution is 2.25. The first-order chi connectivity index (χ1) is 11.6. The van der Waals surface area contributed by atoms with Crippen molar-refractivity contribution in [2.75, 3.05) is 0 Å². The summed E-state index contributed by atoms with van der Waals surface area (Å²) in [6.45, 7) is 0.322. The molecule has 0 radical (unpaired) electrons. The number of carboxylic acid groups (broad SMARTS) is 1. The van der Waals surface area contributed by atoms with Crippen LogP contribution < -0.4 is 4.74 Å². The molecule has 0 bridgehead atoms. The predicted molar refractivity (Wildman–Crippen MR) is 89.1 cm³/mol. The van der Waals surface area contributed by atoms with Crippen LogP contribution in [-0.4, -0.2) is 21.2 Å². The fourth-order valence-electron chi connectivity index (χ4n) is 2.29. The predicted octanol–water partition coefficient (Wildman–Crippen LogP) is 3.73. The number of ether oxygens (including phenoxy) is 1. The van der Waals surface area contributed by atoms with Crippen molar-refractivity contribution in [2.24, 2.45) is 0 Å². The number of benzene rings is 2. The van der Waals surface area contributed by atoms with Gasteiger partial charge in [-0.05, 0) is 41.0 Å². The molecule has 1 aromatic heterocycles. The summed E-state index contributed by atoms with van der Waals surface area (Å²) in [5.41, 5.74) is 3.00. The third-order valence-electron chi connectivity index (χ3n) is 3.57. The van der Waals surface area contributed by atoms with Gasteiger partial charge in [-0.3, -0.25) is 4.98 Å². The number of aromatic hydroxyl groups is 1. The molecule has 3 rings (SSSR count). The Morgan fingerprint density at radius 3 is 2.25 bits per heavy atom. The number of carboxylic acids is 1. The van der Waals surface area contributed by atoms with Gasteiger partial charge >= 0.3 is 5.97 Å². The molecule has 0 unspecified atom stereocenters. The normalized spacial score (nSPS) is 10.3. The molecule has 0 aliphatic rings. The number of phenols is 1. The largest absolute Gasteiger partial charge is 0.507 e. The molecule has 24 heavy (non-hydrogen) atoms. The minimum Gasteiger partial charge on any atom is -0.507 e. The highest BCUT2D eigenvalue weighted by atomic mass is 16.5. The van der Waals surface area contributed by atoms with Gasteiger partial charge in [-0.2, -0.15) is 0 Å². The molecule has 1 heterocycles. The van der Waals surface area contributed by atoms with Crippen molar-refractivity contribution < 1.29 is 19.7 Å². The van der Waals surface area contributed by atoms with E-state index < -0.39 is 5.97 Å². The Kier molecular flexibility index (Phi) is 4.43. The van der Waals surface area contributed by atoms with Gasteiger partial charge in [0.25, 0.3) is 0 Å². The molecule has 5 heteroatoms. The van der Waals surface area contributed by atoms with Gasteiger partial charge in [-0.15, -0.1) is 0 Å². The van der Waals surface area contributed by atoms with E-state index in [-0.39, 0.29) is 11.3 Å². The number of carbonyl (C=O) groups is 1. The lowest BCUT2D eigenvalue weighted by Gasteiger charge is -2.09. The third-order valence-corrected chi connectivity index (χ3v) is 3.57. The SMILES string of the molecule is O=C(O)c1ccc(OCc2ccc(-c3ccncc3)cc2)cc1O. The van der Waals surface area contributed by atoms with Gasteiger partial charge in [0.15, 0.2) is 0 Å². The molecule has 0 aliphatic carbocycles. The molecule has 0 aliphatic heterocycles. The lowest BCUT2D eigenvalue weighted by atomic mass is 10.1. The Balaban J connectivity index is 1.67. The van der Waals surface area contributed by atoms with Crippen LogP contribution in [0.4, 0.5) is 0 Å². The zero-order valence-electron chi connectivity index (χ0n) is 12.7. The summed E-state index contributed by atoms with van der Waals surface area (Å²) in [7, 11) is 0. The molecule has 0 spiro atoms. The quantitative estimate of drug-likeness (QED) is 0.748. The van der Waals surface area contributed by atoms with Crippen molar-refractivity contribution in [1.29, 1.82) is 0 Å². The maximum atomic E-state index is 10.9. The topological polar surface area (TPSA) is 79.7 Å². The summed E-state index contributed by atoms with van der Waals surface area (Å²) in [5, 5.41) is 18.5. The van der Waals surface area contributed by atoms with E-state index in [9.17, 15) is 9.90 Å². The number of aromatic carboxylic acids is 1. The average molecular weight is 321 g/mol. The Morgan fingerprint density at radius 1 is 0.958 bits per heavy atom. The van der Waals surface area contributed by atoms with Gasteiger partial charge in [-0.1, -0.05) is 24.3 Å². The molecule has 5 nitrogen and oxygen atoms in total. The molecule has 0 amide bonds. The maximum absolute atomic E-state index is 10.9. The fraction of sp³-hybridized carbons (Fsp3) is 0.0526. The van der Waals surface area contributed by atoms with Crippen molar-refractivity contribution in [2.45, 2.75) is 6.61 Å². The Bertz CT molecular complexity index is 845. The minimum absolute atomic E-state index is 0.149. The fourth-order valence-corrected chi connectivity index (χ4v) is 2.29. The van der Waals surface area contributed by atoms with Crippen LogP contribution in [0.15, 0.2) is 67.0 Å². The van der Waals surface area contributed by atoms with Gasteiger partial charge in [0.2, 0.25) is 0 Å².